The molecule has 2 rings (SSSR count). The second kappa shape index (κ2) is 8.36. The van der Waals surface area contributed by atoms with Crippen LogP contribution in [0.5, 0.6) is 0 Å². The van der Waals surface area contributed by atoms with Crippen LogP contribution >= 0.6 is 0 Å². The zero-order valence-corrected chi connectivity index (χ0v) is 16.5. The molecule has 0 aliphatic heterocycles. The Bertz CT molecular complexity index is 842. The van der Waals surface area contributed by atoms with Crippen LogP contribution in [0.2, 0.25) is 0 Å². The summed E-state index contributed by atoms with van der Waals surface area (Å²) in [5.74, 6) is 0.0267. The van der Waals surface area contributed by atoms with E-state index in [0.717, 1.165) is 22.5 Å². The van der Waals surface area contributed by atoms with E-state index in [-0.39, 0.29) is 12.5 Å². The fraction of sp³-hybridized carbons (Fsp3) is 0.350. The zero-order valence-electron chi connectivity index (χ0n) is 15.7. The Morgan fingerprint density at radius 1 is 1.04 bits per heavy atom. The number of benzene rings is 2. The molecule has 0 unspecified atom stereocenters. The van der Waals surface area contributed by atoms with Gasteiger partial charge in [0.15, 0.2) is 0 Å². The van der Waals surface area contributed by atoms with Crippen molar-refractivity contribution in [3.05, 3.63) is 59.7 Å². The first-order chi connectivity index (χ1) is 12.2. The van der Waals surface area contributed by atoms with Gasteiger partial charge in [-0.25, -0.2) is 8.42 Å². The lowest BCUT2D eigenvalue weighted by Crippen LogP contribution is -2.37. The van der Waals surface area contributed by atoms with E-state index in [4.69, 9.17) is 0 Å². The quantitative estimate of drug-likeness (QED) is 0.802. The van der Waals surface area contributed by atoms with Crippen LogP contribution in [0.1, 0.15) is 37.8 Å². The summed E-state index contributed by atoms with van der Waals surface area (Å²) in [5.41, 5.74) is 3.41. The molecule has 0 saturated heterocycles. The summed E-state index contributed by atoms with van der Waals surface area (Å²) >= 11 is 0. The molecule has 0 aliphatic carbocycles. The number of sulfonamides is 1. The molecule has 0 fully saturated rings. The van der Waals surface area contributed by atoms with E-state index in [0.29, 0.717) is 17.3 Å². The third-order valence-corrected chi connectivity index (χ3v) is 5.32. The highest BCUT2D eigenvalue weighted by Crippen LogP contribution is 2.20. The average Bonchev–Trinajstić information content (AvgIpc) is 2.59. The van der Waals surface area contributed by atoms with Crippen LogP contribution < -0.4 is 9.62 Å². The summed E-state index contributed by atoms with van der Waals surface area (Å²) in [5, 5.41) is 2.76. The number of nitrogens with zero attached hydrogens (tertiary/aromatic N) is 1. The average molecular weight is 375 g/mol. The maximum atomic E-state index is 12.4. The molecule has 0 radical (unpaired) electrons. The van der Waals surface area contributed by atoms with E-state index in [1.165, 1.54) is 5.56 Å². The number of nitrogens with one attached hydrogen (secondary N) is 1. The van der Waals surface area contributed by atoms with Gasteiger partial charge >= 0.3 is 0 Å². The summed E-state index contributed by atoms with van der Waals surface area (Å²) in [6.45, 7) is 5.96. The first-order valence-corrected chi connectivity index (χ1v) is 10.5. The van der Waals surface area contributed by atoms with Crippen molar-refractivity contribution in [2.45, 2.75) is 33.1 Å². The number of hydrogen-bond donors (Lipinski definition) is 1. The number of carbonyl (C=O) groups excluding carboxylic acids is 1. The van der Waals surface area contributed by atoms with Crippen LogP contribution in [0.15, 0.2) is 48.5 Å². The normalized spacial score (nSPS) is 11.4. The predicted molar refractivity (Wildman–Crippen MR) is 107 cm³/mol. The smallest absolute Gasteiger partial charge is 0.245 e. The van der Waals surface area contributed by atoms with Crippen LogP contribution in [0, 0.1) is 0 Å². The summed E-state index contributed by atoms with van der Waals surface area (Å²) in [7, 11) is -3.57. The molecule has 26 heavy (non-hydrogen) atoms. The van der Waals surface area contributed by atoms with Gasteiger partial charge in [0.05, 0.1) is 11.9 Å². The van der Waals surface area contributed by atoms with Gasteiger partial charge in [0, 0.05) is 5.69 Å². The predicted octanol–water partition coefficient (Wildman–Crippen LogP) is 3.78. The van der Waals surface area contributed by atoms with Gasteiger partial charge in [-0.1, -0.05) is 45.0 Å². The van der Waals surface area contributed by atoms with Gasteiger partial charge < -0.3 is 5.32 Å². The highest BCUT2D eigenvalue weighted by atomic mass is 32.2. The lowest BCUT2D eigenvalue weighted by molar-refractivity contribution is -0.114. The number of aryl methyl sites for hydroxylation is 1. The van der Waals surface area contributed by atoms with Gasteiger partial charge in [0.25, 0.3) is 0 Å². The first kappa shape index (κ1) is 20.0. The number of amides is 1. The molecule has 140 valence electrons. The van der Waals surface area contributed by atoms with Gasteiger partial charge in [-0.15, -0.1) is 0 Å². The highest BCUT2D eigenvalue weighted by Gasteiger charge is 2.20. The molecule has 0 spiro atoms. The molecule has 5 nitrogen and oxygen atoms in total. The number of rotatable bonds is 7. The fourth-order valence-electron chi connectivity index (χ4n) is 2.58. The topological polar surface area (TPSA) is 66.5 Å². The van der Waals surface area contributed by atoms with Crippen LogP contribution in [-0.2, 0) is 21.2 Å². The third kappa shape index (κ3) is 5.33. The molecule has 1 amide bonds. The highest BCUT2D eigenvalue weighted by molar-refractivity contribution is 7.92. The van der Waals surface area contributed by atoms with Crippen molar-refractivity contribution in [3.63, 3.8) is 0 Å². The molecule has 2 aromatic rings. The van der Waals surface area contributed by atoms with Crippen LogP contribution in [0.25, 0.3) is 0 Å². The minimum absolute atomic E-state index is 0.268. The summed E-state index contributed by atoms with van der Waals surface area (Å²) in [6, 6.07) is 14.8. The minimum Gasteiger partial charge on any atom is -0.325 e. The fourth-order valence-corrected chi connectivity index (χ4v) is 3.44. The molecule has 0 aliphatic rings. The van der Waals surface area contributed by atoms with E-state index in [2.05, 4.69) is 19.2 Å². The van der Waals surface area contributed by atoms with E-state index in [9.17, 15) is 13.2 Å². The van der Waals surface area contributed by atoms with Crippen molar-refractivity contribution in [1.82, 2.24) is 0 Å². The van der Waals surface area contributed by atoms with E-state index in [1.54, 1.807) is 12.1 Å². The van der Waals surface area contributed by atoms with Crippen molar-refractivity contribution in [2.24, 2.45) is 0 Å². The second-order valence-corrected chi connectivity index (χ2v) is 8.52. The molecule has 0 atom stereocenters. The van der Waals surface area contributed by atoms with Gasteiger partial charge in [0.1, 0.15) is 6.54 Å². The Morgan fingerprint density at radius 2 is 1.62 bits per heavy atom. The van der Waals surface area contributed by atoms with E-state index in [1.807, 2.05) is 43.3 Å². The Morgan fingerprint density at radius 3 is 2.08 bits per heavy atom. The summed E-state index contributed by atoms with van der Waals surface area (Å²) in [4.78, 5) is 12.4. The molecule has 0 heterocycles. The largest absolute Gasteiger partial charge is 0.325 e. The van der Waals surface area contributed by atoms with Crippen molar-refractivity contribution >= 4 is 27.3 Å². The van der Waals surface area contributed by atoms with Gasteiger partial charge in [-0.05, 0) is 47.7 Å². The molecular weight excluding hydrogens is 348 g/mol. The molecule has 0 bridgehead atoms. The van der Waals surface area contributed by atoms with Crippen molar-refractivity contribution in [3.8, 4) is 0 Å². The maximum absolute atomic E-state index is 12.4. The SMILES string of the molecule is CCc1ccc(N(CC(=O)Nc2ccc(C(C)C)cc2)S(C)(=O)=O)cc1. The lowest BCUT2D eigenvalue weighted by Gasteiger charge is -2.22. The molecule has 6 heteroatoms. The lowest BCUT2D eigenvalue weighted by atomic mass is 10.0. The molecular formula is C20H26N2O3S. The van der Waals surface area contributed by atoms with Crippen molar-refractivity contribution < 1.29 is 13.2 Å². The van der Waals surface area contributed by atoms with E-state index < -0.39 is 10.0 Å². The Kier molecular flexibility index (Phi) is 6.42. The third-order valence-electron chi connectivity index (χ3n) is 4.18. The Labute approximate surface area is 156 Å². The molecule has 0 aromatic heterocycles. The van der Waals surface area contributed by atoms with Crippen molar-refractivity contribution in [1.29, 1.82) is 0 Å². The van der Waals surface area contributed by atoms with Gasteiger partial charge in [0.2, 0.25) is 15.9 Å². The van der Waals surface area contributed by atoms with Crippen LogP contribution in [0.4, 0.5) is 11.4 Å². The Balaban J connectivity index is 2.13. The molecule has 2 aromatic carbocycles. The van der Waals surface area contributed by atoms with E-state index >= 15 is 0 Å². The zero-order chi connectivity index (χ0) is 19.3. The standard InChI is InChI=1S/C20H26N2O3S/c1-5-16-6-12-19(13-7-16)22(26(4,24)25)14-20(23)21-18-10-8-17(9-11-18)15(2)3/h6-13,15H,5,14H2,1-4H3,(H,21,23). The second-order valence-electron chi connectivity index (χ2n) is 6.61. The number of carbonyl (C=O) groups is 1. The monoisotopic (exact) mass is 374 g/mol. The van der Waals surface area contributed by atoms with Crippen molar-refractivity contribution in [2.75, 3.05) is 22.4 Å². The van der Waals surface area contributed by atoms with Gasteiger partial charge in [-0.2, -0.15) is 0 Å². The summed E-state index contributed by atoms with van der Waals surface area (Å²) in [6.07, 6.45) is 1.97. The maximum Gasteiger partial charge on any atom is 0.245 e. The number of anilines is 2. The number of hydrogen-bond acceptors (Lipinski definition) is 3. The van der Waals surface area contributed by atoms with Crippen LogP contribution in [0.3, 0.4) is 0 Å². The Hall–Kier alpha value is -2.34. The molecule has 1 N–H and O–H groups in total. The summed E-state index contributed by atoms with van der Waals surface area (Å²) < 4.78 is 25.4. The minimum atomic E-state index is -3.57. The molecule has 0 saturated carbocycles. The van der Waals surface area contributed by atoms with Crippen LogP contribution in [-0.4, -0.2) is 27.1 Å². The first-order valence-electron chi connectivity index (χ1n) is 8.67. The van der Waals surface area contributed by atoms with Gasteiger partial charge in [-0.3, -0.25) is 9.10 Å².